The van der Waals surface area contributed by atoms with Crippen molar-refractivity contribution in [1.82, 2.24) is 0 Å². The predicted molar refractivity (Wildman–Crippen MR) is 321 cm³/mol. The Morgan fingerprint density at radius 3 is 0.757 bits per heavy atom. The second-order valence-corrected chi connectivity index (χ2v) is 22.4. The Kier molecular flexibility index (Phi) is 61.1. The van der Waals surface area contributed by atoms with E-state index in [0.29, 0.717) is 19.3 Å². The van der Waals surface area contributed by atoms with Crippen molar-refractivity contribution in [3.8, 4) is 0 Å². The normalized spacial score (nSPS) is 12.2. The van der Waals surface area contributed by atoms with Gasteiger partial charge >= 0.3 is 17.9 Å². The molecule has 0 saturated heterocycles. The second kappa shape index (κ2) is 63.2. The van der Waals surface area contributed by atoms with Gasteiger partial charge in [0.2, 0.25) is 0 Å². The summed E-state index contributed by atoms with van der Waals surface area (Å²) in [6.07, 6.45) is 77.7. The van der Waals surface area contributed by atoms with Gasteiger partial charge < -0.3 is 14.2 Å². The van der Waals surface area contributed by atoms with Gasteiger partial charge in [0.1, 0.15) is 13.2 Å². The van der Waals surface area contributed by atoms with Crippen LogP contribution in [-0.2, 0) is 28.6 Å². The highest BCUT2D eigenvalue weighted by molar-refractivity contribution is 5.71. The molecule has 434 valence electrons. The van der Waals surface area contributed by atoms with E-state index in [4.69, 9.17) is 14.2 Å². The number of rotatable bonds is 61. The van der Waals surface area contributed by atoms with E-state index in [-0.39, 0.29) is 31.1 Å². The number of ether oxygens (including phenoxy) is 3. The van der Waals surface area contributed by atoms with Gasteiger partial charge in [-0.3, -0.25) is 14.4 Å². The number of carbonyl (C=O) groups is 3. The van der Waals surface area contributed by atoms with Crippen LogP contribution in [0.5, 0.6) is 0 Å². The van der Waals surface area contributed by atoms with E-state index in [0.717, 1.165) is 70.6 Å². The molecule has 0 aromatic heterocycles. The number of carbonyl (C=O) groups excluding carboxylic acids is 3. The summed E-state index contributed by atoms with van der Waals surface area (Å²) in [4.78, 5) is 38.0. The fourth-order valence-electron chi connectivity index (χ4n) is 9.88. The number of esters is 3. The first kappa shape index (κ1) is 71.6. The Morgan fingerprint density at radius 1 is 0.270 bits per heavy atom. The number of allylic oxidation sites excluding steroid dienone is 6. The van der Waals surface area contributed by atoms with Gasteiger partial charge in [0.15, 0.2) is 6.10 Å². The zero-order valence-electron chi connectivity index (χ0n) is 49.9. The van der Waals surface area contributed by atoms with Gasteiger partial charge in [0.05, 0.1) is 0 Å². The Morgan fingerprint density at radius 2 is 0.486 bits per heavy atom. The maximum absolute atomic E-state index is 12.8. The third-order valence-electron chi connectivity index (χ3n) is 14.9. The lowest BCUT2D eigenvalue weighted by Crippen LogP contribution is -2.30. The van der Waals surface area contributed by atoms with E-state index in [2.05, 4.69) is 57.2 Å². The lowest BCUT2D eigenvalue weighted by atomic mass is 10.0. The third-order valence-corrected chi connectivity index (χ3v) is 14.9. The number of unbranched alkanes of at least 4 members (excludes halogenated alkanes) is 44. The van der Waals surface area contributed by atoms with Crippen molar-refractivity contribution >= 4 is 17.9 Å². The maximum atomic E-state index is 12.8. The maximum Gasteiger partial charge on any atom is 0.306 e. The summed E-state index contributed by atoms with van der Waals surface area (Å²) in [5.74, 6) is -0.865. The minimum atomic E-state index is -0.770. The first-order chi connectivity index (χ1) is 36.5. The molecule has 0 rings (SSSR count). The molecule has 74 heavy (non-hydrogen) atoms. The molecule has 0 aromatic rings. The first-order valence-electron chi connectivity index (χ1n) is 33.0. The molecule has 0 amide bonds. The molecule has 6 heteroatoms. The van der Waals surface area contributed by atoms with Crippen LogP contribution in [0.1, 0.15) is 361 Å². The van der Waals surface area contributed by atoms with Gasteiger partial charge in [-0.1, -0.05) is 301 Å². The highest BCUT2D eigenvalue weighted by Crippen LogP contribution is 2.18. The van der Waals surface area contributed by atoms with Gasteiger partial charge in [-0.25, -0.2) is 0 Å². The average Bonchev–Trinajstić information content (AvgIpc) is 3.40. The Bertz CT molecular complexity index is 1240. The van der Waals surface area contributed by atoms with Crippen molar-refractivity contribution < 1.29 is 28.6 Å². The largest absolute Gasteiger partial charge is 0.462 e. The summed E-state index contributed by atoms with van der Waals surface area (Å²) in [5.41, 5.74) is 0. The van der Waals surface area contributed by atoms with E-state index in [1.54, 1.807) is 0 Å². The fraction of sp³-hybridized carbons (Fsp3) is 0.868. The van der Waals surface area contributed by atoms with Crippen LogP contribution in [-0.4, -0.2) is 37.2 Å². The van der Waals surface area contributed by atoms with Crippen molar-refractivity contribution in [3.63, 3.8) is 0 Å². The van der Waals surface area contributed by atoms with E-state index < -0.39 is 6.10 Å². The fourth-order valence-corrected chi connectivity index (χ4v) is 9.88. The minimum Gasteiger partial charge on any atom is -0.462 e. The molecule has 6 nitrogen and oxygen atoms in total. The second-order valence-electron chi connectivity index (χ2n) is 22.4. The molecule has 0 bridgehead atoms. The number of hydrogen-bond acceptors (Lipinski definition) is 6. The van der Waals surface area contributed by atoms with E-state index in [1.165, 1.54) is 250 Å². The zero-order chi connectivity index (χ0) is 53.6. The van der Waals surface area contributed by atoms with Crippen LogP contribution in [0.15, 0.2) is 36.5 Å². The minimum absolute atomic E-state index is 0.0704. The lowest BCUT2D eigenvalue weighted by Gasteiger charge is -2.18. The molecule has 0 N–H and O–H groups in total. The van der Waals surface area contributed by atoms with Crippen molar-refractivity contribution in [2.24, 2.45) is 0 Å². The van der Waals surface area contributed by atoms with E-state index in [9.17, 15) is 14.4 Å². The van der Waals surface area contributed by atoms with Gasteiger partial charge in [0, 0.05) is 19.3 Å². The van der Waals surface area contributed by atoms with Gasteiger partial charge in [-0.2, -0.15) is 0 Å². The van der Waals surface area contributed by atoms with Gasteiger partial charge in [-0.15, -0.1) is 0 Å². The van der Waals surface area contributed by atoms with Crippen LogP contribution in [0, 0.1) is 0 Å². The van der Waals surface area contributed by atoms with Crippen molar-refractivity contribution in [3.05, 3.63) is 36.5 Å². The van der Waals surface area contributed by atoms with E-state index in [1.807, 2.05) is 0 Å². The number of hydrogen-bond donors (Lipinski definition) is 0. The Labute approximate surface area is 461 Å². The molecule has 0 aromatic carbocycles. The molecule has 1 atom stereocenters. The molecule has 0 fully saturated rings. The third kappa shape index (κ3) is 60.5. The topological polar surface area (TPSA) is 78.9 Å². The quantitative estimate of drug-likeness (QED) is 0.0261. The average molecular weight is 1040 g/mol. The Hall–Kier alpha value is -2.37. The predicted octanol–water partition coefficient (Wildman–Crippen LogP) is 22.4. The summed E-state index contributed by atoms with van der Waals surface area (Å²) in [6.45, 7) is 6.63. The summed E-state index contributed by atoms with van der Waals surface area (Å²) in [6, 6.07) is 0. The van der Waals surface area contributed by atoms with Crippen LogP contribution in [0.3, 0.4) is 0 Å². The van der Waals surface area contributed by atoms with Crippen LogP contribution < -0.4 is 0 Å². The lowest BCUT2D eigenvalue weighted by molar-refractivity contribution is -0.167. The molecule has 0 aliphatic rings. The van der Waals surface area contributed by atoms with Gasteiger partial charge in [0.25, 0.3) is 0 Å². The molecule has 1 unspecified atom stereocenters. The van der Waals surface area contributed by atoms with E-state index >= 15 is 0 Å². The standard InChI is InChI=1S/C68H126O6/c1-4-7-10-13-16-18-20-22-24-26-27-28-29-30-31-32-33-34-35-36-37-38-39-40-41-42-44-45-47-49-52-55-58-61-67(70)73-64-65(63-72-66(69)60-57-54-51-15-12-9-6-3)74-68(71)62-59-56-53-50-48-46-43-25-23-21-19-17-14-11-8-5-2/h20,22,25-27,43,65H,4-19,21,23-24,28-42,44-64H2,1-3H3/b22-20-,27-26-,43-25-. The van der Waals surface area contributed by atoms with Gasteiger partial charge in [-0.05, 0) is 77.0 Å². The zero-order valence-corrected chi connectivity index (χ0v) is 49.9. The molecular weight excluding hydrogens is 913 g/mol. The smallest absolute Gasteiger partial charge is 0.306 e. The summed E-state index contributed by atoms with van der Waals surface area (Å²) >= 11 is 0. The highest BCUT2D eigenvalue weighted by atomic mass is 16.6. The molecule has 0 saturated carbocycles. The summed E-state index contributed by atoms with van der Waals surface area (Å²) in [5, 5.41) is 0. The molecule has 0 aliphatic heterocycles. The molecule has 0 aliphatic carbocycles. The Balaban J connectivity index is 3.96. The summed E-state index contributed by atoms with van der Waals surface area (Å²) < 4.78 is 16.8. The van der Waals surface area contributed by atoms with Crippen molar-refractivity contribution in [1.29, 1.82) is 0 Å². The SMILES string of the molecule is CCCCCCC/C=C\C/C=C\CCCCCCCCCCCCCCCCCCCCCCCC(=O)OCC(COC(=O)CCCCCCCCC)OC(=O)CCCCCCC/C=C\CCCCCCCCC. The molecular formula is C68H126O6. The first-order valence-corrected chi connectivity index (χ1v) is 33.0. The van der Waals surface area contributed by atoms with Crippen LogP contribution in [0.2, 0.25) is 0 Å². The van der Waals surface area contributed by atoms with Crippen LogP contribution in [0.4, 0.5) is 0 Å². The molecule has 0 radical (unpaired) electrons. The molecule has 0 heterocycles. The van der Waals surface area contributed by atoms with Crippen molar-refractivity contribution in [2.75, 3.05) is 13.2 Å². The monoisotopic (exact) mass is 1040 g/mol. The highest BCUT2D eigenvalue weighted by Gasteiger charge is 2.19. The van der Waals surface area contributed by atoms with Crippen molar-refractivity contribution in [2.45, 2.75) is 367 Å². The molecule has 0 spiro atoms. The van der Waals surface area contributed by atoms with Crippen LogP contribution in [0.25, 0.3) is 0 Å². The van der Waals surface area contributed by atoms with Crippen LogP contribution >= 0.6 is 0 Å². The summed E-state index contributed by atoms with van der Waals surface area (Å²) in [7, 11) is 0.